The maximum absolute atomic E-state index is 11.3. The van der Waals surface area contributed by atoms with Crippen LogP contribution >= 0.6 is 11.8 Å². The highest BCUT2D eigenvalue weighted by Crippen LogP contribution is 2.37. The molecule has 0 amide bonds. The van der Waals surface area contributed by atoms with Crippen molar-refractivity contribution in [1.82, 2.24) is 0 Å². The fourth-order valence-electron chi connectivity index (χ4n) is 2.29. The van der Waals surface area contributed by atoms with Crippen LogP contribution in [0.25, 0.3) is 0 Å². The maximum Gasteiger partial charge on any atom is 0.303 e. The van der Waals surface area contributed by atoms with Crippen molar-refractivity contribution < 1.29 is 23.8 Å². The summed E-state index contributed by atoms with van der Waals surface area (Å²) in [6.45, 7) is 6.81. The summed E-state index contributed by atoms with van der Waals surface area (Å²) >= 11 is 1.53. The van der Waals surface area contributed by atoms with E-state index in [0.29, 0.717) is 5.75 Å². The van der Waals surface area contributed by atoms with Gasteiger partial charge < -0.3 is 14.2 Å². The van der Waals surface area contributed by atoms with Gasteiger partial charge in [-0.15, -0.1) is 18.2 Å². The molecular weight excluding hydrogens is 292 g/mol. The predicted octanol–water partition coefficient (Wildman–Crippen LogP) is 1.84. The van der Waals surface area contributed by atoms with Crippen LogP contribution in [0.4, 0.5) is 0 Å². The van der Waals surface area contributed by atoms with Gasteiger partial charge in [0.1, 0.15) is 24.3 Å². The fourth-order valence-corrected chi connectivity index (χ4v) is 3.32. The molecule has 1 aliphatic rings. The van der Waals surface area contributed by atoms with Crippen LogP contribution in [0.3, 0.4) is 0 Å². The molecule has 21 heavy (non-hydrogen) atoms. The molecular formula is C15H22O5S. The quantitative estimate of drug-likeness (QED) is 0.570. The minimum Gasteiger partial charge on any atom is -0.463 e. The zero-order chi connectivity index (χ0) is 16.0. The predicted molar refractivity (Wildman–Crippen MR) is 80.5 cm³/mol. The lowest BCUT2D eigenvalue weighted by Crippen LogP contribution is -2.52. The summed E-state index contributed by atoms with van der Waals surface area (Å²) in [6.07, 6.45) is 4.38. The molecule has 0 aromatic rings. The van der Waals surface area contributed by atoms with Gasteiger partial charge in [-0.3, -0.25) is 9.59 Å². The first-order valence-corrected chi connectivity index (χ1v) is 7.92. The Morgan fingerprint density at radius 3 is 2.43 bits per heavy atom. The second-order valence-corrected chi connectivity index (χ2v) is 6.24. The lowest BCUT2D eigenvalue weighted by molar-refractivity contribution is -0.191. The first-order chi connectivity index (χ1) is 9.86. The molecule has 0 saturated carbocycles. The van der Waals surface area contributed by atoms with Crippen molar-refractivity contribution in [3.8, 4) is 12.3 Å². The molecule has 0 aliphatic carbocycles. The van der Waals surface area contributed by atoms with Crippen molar-refractivity contribution in [1.29, 1.82) is 0 Å². The number of thioether (sulfide) groups is 1. The molecule has 0 spiro atoms. The van der Waals surface area contributed by atoms with E-state index < -0.39 is 12.2 Å². The third-order valence-corrected chi connectivity index (χ3v) is 4.74. The minimum atomic E-state index is -0.473. The Morgan fingerprint density at radius 2 is 1.90 bits per heavy atom. The summed E-state index contributed by atoms with van der Waals surface area (Å²) in [4.78, 5) is 22.3. The number of rotatable bonds is 5. The van der Waals surface area contributed by atoms with E-state index in [-0.39, 0.29) is 35.8 Å². The molecule has 5 nitrogen and oxygen atoms in total. The van der Waals surface area contributed by atoms with E-state index >= 15 is 0 Å². The molecule has 1 aliphatic heterocycles. The van der Waals surface area contributed by atoms with E-state index in [1.165, 1.54) is 25.6 Å². The second kappa shape index (κ2) is 8.30. The van der Waals surface area contributed by atoms with Gasteiger partial charge in [-0.2, -0.15) is 0 Å². The van der Waals surface area contributed by atoms with Gasteiger partial charge in [0.15, 0.2) is 0 Å². The molecule has 5 atom stereocenters. The number of terminal acetylenes is 1. The number of esters is 2. The third-order valence-electron chi connectivity index (χ3n) is 3.54. The Hall–Kier alpha value is -1.19. The van der Waals surface area contributed by atoms with Crippen LogP contribution in [0.5, 0.6) is 0 Å². The van der Waals surface area contributed by atoms with E-state index in [0.717, 1.165) is 0 Å². The average Bonchev–Trinajstić information content (AvgIpc) is 2.41. The molecule has 0 aromatic carbocycles. The molecule has 1 fully saturated rings. The lowest BCUT2D eigenvalue weighted by Gasteiger charge is -2.43. The Labute approximate surface area is 130 Å². The van der Waals surface area contributed by atoms with E-state index in [4.69, 9.17) is 20.6 Å². The van der Waals surface area contributed by atoms with Gasteiger partial charge in [0.25, 0.3) is 0 Å². The summed E-state index contributed by atoms with van der Waals surface area (Å²) in [5.74, 6) is 2.60. The van der Waals surface area contributed by atoms with Crippen LogP contribution in [0, 0.1) is 24.2 Å². The highest BCUT2D eigenvalue weighted by molar-refractivity contribution is 7.99. The molecule has 0 bridgehead atoms. The van der Waals surface area contributed by atoms with Gasteiger partial charge >= 0.3 is 11.9 Å². The standard InChI is InChI=1S/C15H22O5S/c1-6-7-21-15-10(3)9(2)14(19-12(5)17)13(20-15)8-18-11(4)16/h1,9-10,13-15H,7-8H2,2-5H3/t9-,10?,13?,14-,15+/m1/s1. The molecule has 2 unspecified atom stereocenters. The smallest absolute Gasteiger partial charge is 0.303 e. The number of ether oxygens (including phenoxy) is 3. The minimum absolute atomic E-state index is 0.0669. The van der Waals surface area contributed by atoms with Gasteiger partial charge in [-0.05, 0) is 5.92 Å². The molecule has 118 valence electrons. The van der Waals surface area contributed by atoms with Crippen LogP contribution in [-0.4, -0.2) is 41.9 Å². The monoisotopic (exact) mass is 314 g/mol. The number of carbonyl (C=O) groups is 2. The van der Waals surface area contributed by atoms with Crippen molar-refractivity contribution in [2.24, 2.45) is 11.8 Å². The average molecular weight is 314 g/mol. The number of hydrogen-bond donors (Lipinski definition) is 0. The highest BCUT2D eigenvalue weighted by Gasteiger charge is 2.43. The van der Waals surface area contributed by atoms with Crippen LogP contribution < -0.4 is 0 Å². The normalized spacial score (nSPS) is 32.0. The van der Waals surface area contributed by atoms with Crippen LogP contribution in [0.15, 0.2) is 0 Å². The molecule has 0 aromatic heterocycles. The van der Waals surface area contributed by atoms with Crippen molar-refractivity contribution in [2.45, 2.75) is 45.3 Å². The number of hydrogen-bond acceptors (Lipinski definition) is 6. The van der Waals surface area contributed by atoms with Crippen molar-refractivity contribution >= 4 is 23.7 Å². The maximum atomic E-state index is 11.3. The van der Waals surface area contributed by atoms with E-state index in [1.807, 2.05) is 13.8 Å². The first kappa shape index (κ1) is 17.9. The molecule has 0 N–H and O–H groups in total. The Morgan fingerprint density at radius 1 is 1.24 bits per heavy atom. The molecule has 0 radical (unpaired) electrons. The largest absolute Gasteiger partial charge is 0.463 e. The van der Waals surface area contributed by atoms with Gasteiger partial charge in [0, 0.05) is 19.8 Å². The lowest BCUT2D eigenvalue weighted by atomic mass is 9.85. The topological polar surface area (TPSA) is 61.8 Å². The van der Waals surface area contributed by atoms with Crippen LogP contribution in [0.2, 0.25) is 0 Å². The molecule has 1 saturated heterocycles. The second-order valence-electron chi connectivity index (χ2n) is 5.15. The van der Waals surface area contributed by atoms with Gasteiger partial charge in [-0.25, -0.2) is 0 Å². The molecule has 1 heterocycles. The molecule has 1 rings (SSSR count). The fraction of sp³-hybridized carbons (Fsp3) is 0.733. The van der Waals surface area contributed by atoms with Crippen LogP contribution in [0.1, 0.15) is 27.7 Å². The van der Waals surface area contributed by atoms with Crippen molar-refractivity contribution in [3.63, 3.8) is 0 Å². The van der Waals surface area contributed by atoms with E-state index in [2.05, 4.69) is 5.92 Å². The Bertz CT molecular complexity index is 417. The zero-order valence-electron chi connectivity index (χ0n) is 12.8. The molecule has 6 heteroatoms. The zero-order valence-corrected chi connectivity index (χ0v) is 13.6. The summed E-state index contributed by atoms with van der Waals surface area (Å²) in [6, 6.07) is 0. The summed E-state index contributed by atoms with van der Waals surface area (Å²) in [5, 5.41) is 0. The first-order valence-electron chi connectivity index (χ1n) is 6.88. The summed E-state index contributed by atoms with van der Waals surface area (Å²) in [7, 11) is 0. The van der Waals surface area contributed by atoms with Crippen molar-refractivity contribution in [2.75, 3.05) is 12.4 Å². The Balaban J connectivity index is 2.82. The van der Waals surface area contributed by atoms with Crippen LogP contribution in [-0.2, 0) is 23.8 Å². The third kappa shape index (κ3) is 5.25. The number of carbonyl (C=O) groups excluding carboxylic acids is 2. The Kier molecular flexibility index (Phi) is 7.06. The SMILES string of the molecule is C#CCS[C@@H]1OC(COC(C)=O)[C@H](OC(C)=O)[C@H](C)C1C. The van der Waals surface area contributed by atoms with Gasteiger partial charge in [-0.1, -0.05) is 19.8 Å². The van der Waals surface area contributed by atoms with Crippen molar-refractivity contribution in [3.05, 3.63) is 0 Å². The van der Waals surface area contributed by atoms with Gasteiger partial charge in [0.2, 0.25) is 0 Å². The van der Waals surface area contributed by atoms with E-state index in [1.54, 1.807) is 0 Å². The highest BCUT2D eigenvalue weighted by atomic mass is 32.2. The van der Waals surface area contributed by atoms with Gasteiger partial charge in [0.05, 0.1) is 5.75 Å². The van der Waals surface area contributed by atoms with E-state index in [9.17, 15) is 9.59 Å². The summed E-state index contributed by atoms with van der Waals surface area (Å²) in [5.41, 5.74) is -0.108. The summed E-state index contributed by atoms with van der Waals surface area (Å²) < 4.78 is 16.3.